The van der Waals surface area contributed by atoms with Gasteiger partial charge in [-0.1, -0.05) is 6.92 Å². The van der Waals surface area contributed by atoms with Gasteiger partial charge in [0.2, 0.25) is 0 Å². The lowest BCUT2D eigenvalue weighted by Gasteiger charge is -2.24. The Morgan fingerprint density at radius 1 is 1.00 bits per heavy atom. The fraction of sp³-hybridized carbons (Fsp3) is 0.238. The maximum absolute atomic E-state index is 13.3. The molecule has 0 bridgehead atoms. The topological polar surface area (TPSA) is 77.4 Å². The van der Waals surface area contributed by atoms with Crippen LogP contribution in [0.3, 0.4) is 0 Å². The molecular formula is C21H20N4O3. The lowest BCUT2D eigenvalue weighted by Crippen LogP contribution is -2.27. The number of hydrogen-bond donors (Lipinski definition) is 0. The van der Waals surface area contributed by atoms with E-state index in [1.807, 2.05) is 18.2 Å². The summed E-state index contributed by atoms with van der Waals surface area (Å²) in [6.07, 6.45) is 5.76. The lowest BCUT2D eigenvalue weighted by molar-refractivity contribution is 0.0990. The van der Waals surface area contributed by atoms with Crippen LogP contribution in [0.4, 0.5) is 5.69 Å². The van der Waals surface area contributed by atoms with E-state index in [0.717, 1.165) is 17.7 Å². The van der Waals surface area contributed by atoms with Gasteiger partial charge in [0.25, 0.3) is 5.91 Å². The van der Waals surface area contributed by atoms with Gasteiger partial charge in [-0.3, -0.25) is 9.78 Å². The zero-order chi connectivity index (χ0) is 19.7. The third-order valence-corrected chi connectivity index (χ3v) is 4.88. The van der Waals surface area contributed by atoms with E-state index >= 15 is 0 Å². The van der Waals surface area contributed by atoms with Gasteiger partial charge in [0.15, 0.2) is 17.3 Å². The molecule has 0 spiro atoms. The first-order valence-corrected chi connectivity index (χ1v) is 9.00. The number of ether oxygens (including phenoxy) is 2. The quantitative estimate of drug-likeness (QED) is 0.676. The van der Waals surface area contributed by atoms with Crippen molar-refractivity contribution in [3.05, 3.63) is 60.0 Å². The molecular weight excluding hydrogens is 356 g/mol. The van der Waals surface area contributed by atoms with Crippen LogP contribution < -0.4 is 14.4 Å². The molecule has 1 atom stereocenters. The second-order valence-electron chi connectivity index (χ2n) is 6.37. The van der Waals surface area contributed by atoms with Crippen LogP contribution in [0.25, 0.3) is 11.5 Å². The number of amides is 1. The van der Waals surface area contributed by atoms with Gasteiger partial charge in [-0.25, -0.2) is 9.97 Å². The molecule has 0 unspecified atom stereocenters. The maximum atomic E-state index is 13.3. The minimum absolute atomic E-state index is 0.0751. The monoisotopic (exact) mass is 376 g/mol. The second kappa shape index (κ2) is 7.26. The highest BCUT2D eigenvalue weighted by atomic mass is 16.5. The molecule has 1 amide bonds. The fourth-order valence-corrected chi connectivity index (χ4v) is 3.59. The van der Waals surface area contributed by atoms with Gasteiger partial charge in [-0.05, 0) is 42.3 Å². The van der Waals surface area contributed by atoms with E-state index < -0.39 is 0 Å². The molecule has 0 fully saturated rings. The van der Waals surface area contributed by atoms with Crippen LogP contribution >= 0.6 is 0 Å². The molecule has 1 aromatic carbocycles. The van der Waals surface area contributed by atoms with Crippen molar-refractivity contribution < 1.29 is 14.3 Å². The minimum atomic E-state index is -0.103. The molecule has 1 aliphatic rings. The van der Waals surface area contributed by atoms with Gasteiger partial charge in [0.05, 0.1) is 20.3 Å². The van der Waals surface area contributed by atoms with Crippen LogP contribution in [-0.2, 0) is 0 Å². The summed E-state index contributed by atoms with van der Waals surface area (Å²) in [6, 6.07) is 8.96. The van der Waals surface area contributed by atoms with E-state index in [4.69, 9.17) is 9.47 Å². The number of nitrogens with zero attached hydrogens (tertiary/aromatic N) is 4. The average Bonchev–Trinajstić information content (AvgIpc) is 3.04. The number of benzene rings is 1. The van der Waals surface area contributed by atoms with Gasteiger partial charge < -0.3 is 14.4 Å². The van der Waals surface area contributed by atoms with Crippen LogP contribution in [0.15, 0.2) is 48.9 Å². The van der Waals surface area contributed by atoms with Gasteiger partial charge in [-0.2, -0.15) is 0 Å². The molecule has 7 nitrogen and oxygen atoms in total. The van der Waals surface area contributed by atoms with Gasteiger partial charge in [-0.15, -0.1) is 0 Å². The Hall–Kier alpha value is -3.48. The number of fused-ring (bicyclic) bond motifs is 1. The number of pyridine rings is 1. The standard InChI is InChI=1S/C21H20N4O3/c1-4-17-14-11-18(27-2)19(28-3)12-15(14)21(26)25(17)13-6-9-22-16(10-13)20-23-7-5-8-24-20/h5-12,17H,4H2,1-3H3/t17-/m1/s1. The van der Waals surface area contributed by atoms with Crippen molar-refractivity contribution in [2.75, 3.05) is 19.1 Å². The molecule has 0 saturated heterocycles. The molecule has 7 heteroatoms. The Labute approximate surface area is 163 Å². The molecule has 3 aromatic rings. The minimum Gasteiger partial charge on any atom is -0.493 e. The maximum Gasteiger partial charge on any atom is 0.259 e. The highest BCUT2D eigenvalue weighted by Gasteiger charge is 2.38. The predicted octanol–water partition coefficient (Wildman–Crippen LogP) is 3.67. The first-order valence-electron chi connectivity index (χ1n) is 9.00. The first kappa shape index (κ1) is 17.9. The van der Waals surface area contributed by atoms with Gasteiger partial charge >= 0.3 is 0 Å². The average molecular weight is 376 g/mol. The number of aromatic nitrogens is 3. The number of carbonyl (C=O) groups is 1. The summed E-state index contributed by atoms with van der Waals surface area (Å²) in [5.41, 5.74) is 2.92. The third kappa shape index (κ3) is 2.85. The number of carbonyl (C=O) groups excluding carboxylic acids is 1. The van der Waals surface area contributed by atoms with Crippen molar-refractivity contribution >= 4 is 11.6 Å². The predicted molar refractivity (Wildman–Crippen MR) is 105 cm³/mol. The van der Waals surface area contributed by atoms with E-state index in [1.54, 1.807) is 49.8 Å². The van der Waals surface area contributed by atoms with Gasteiger partial charge in [0, 0.05) is 29.8 Å². The van der Waals surface area contributed by atoms with Crippen molar-refractivity contribution in [3.63, 3.8) is 0 Å². The number of rotatable bonds is 5. The summed E-state index contributed by atoms with van der Waals surface area (Å²) in [7, 11) is 3.16. The summed E-state index contributed by atoms with van der Waals surface area (Å²) in [4.78, 5) is 27.9. The number of anilines is 1. The number of hydrogen-bond acceptors (Lipinski definition) is 6. The number of methoxy groups -OCH3 is 2. The van der Waals surface area contributed by atoms with E-state index in [0.29, 0.717) is 28.6 Å². The lowest BCUT2D eigenvalue weighted by atomic mass is 10.0. The van der Waals surface area contributed by atoms with Crippen LogP contribution in [0.1, 0.15) is 35.3 Å². The highest BCUT2D eigenvalue weighted by molar-refractivity contribution is 6.11. The molecule has 0 radical (unpaired) electrons. The summed E-state index contributed by atoms with van der Waals surface area (Å²) in [6.45, 7) is 2.05. The van der Waals surface area contributed by atoms with Crippen molar-refractivity contribution in [2.24, 2.45) is 0 Å². The summed E-state index contributed by atoms with van der Waals surface area (Å²) >= 11 is 0. The summed E-state index contributed by atoms with van der Waals surface area (Å²) < 4.78 is 10.8. The molecule has 28 heavy (non-hydrogen) atoms. The molecule has 0 aliphatic carbocycles. The zero-order valence-corrected chi connectivity index (χ0v) is 15.9. The Bertz CT molecular complexity index is 1020. The Balaban J connectivity index is 1.79. The SMILES string of the molecule is CC[C@@H]1c2cc(OC)c(OC)cc2C(=O)N1c1ccnc(-c2ncccn2)c1. The fourth-order valence-electron chi connectivity index (χ4n) is 3.59. The van der Waals surface area contributed by atoms with E-state index in [-0.39, 0.29) is 11.9 Å². The highest BCUT2D eigenvalue weighted by Crippen LogP contribution is 2.44. The van der Waals surface area contributed by atoms with E-state index in [2.05, 4.69) is 21.9 Å². The molecule has 1 aliphatic heterocycles. The van der Waals surface area contributed by atoms with E-state index in [9.17, 15) is 4.79 Å². The van der Waals surface area contributed by atoms with Crippen molar-refractivity contribution in [1.29, 1.82) is 0 Å². The van der Waals surface area contributed by atoms with Crippen molar-refractivity contribution in [3.8, 4) is 23.0 Å². The third-order valence-electron chi connectivity index (χ3n) is 4.88. The van der Waals surface area contributed by atoms with Crippen LogP contribution in [0.2, 0.25) is 0 Å². The van der Waals surface area contributed by atoms with Gasteiger partial charge in [0.1, 0.15) is 5.69 Å². The Morgan fingerprint density at radius 3 is 2.39 bits per heavy atom. The first-order chi connectivity index (χ1) is 13.7. The molecule has 0 saturated carbocycles. The largest absolute Gasteiger partial charge is 0.493 e. The van der Waals surface area contributed by atoms with Crippen LogP contribution in [-0.4, -0.2) is 35.1 Å². The Morgan fingerprint density at radius 2 is 1.71 bits per heavy atom. The van der Waals surface area contributed by atoms with Crippen LogP contribution in [0, 0.1) is 0 Å². The smallest absolute Gasteiger partial charge is 0.259 e. The van der Waals surface area contributed by atoms with Crippen molar-refractivity contribution in [1.82, 2.24) is 15.0 Å². The molecule has 4 rings (SSSR count). The Kier molecular flexibility index (Phi) is 4.65. The second-order valence-corrected chi connectivity index (χ2v) is 6.37. The normalized spacial score (nSPS) is 15.5. The summed E-state index contributed by atoms with van der Waals surface area (Å²) in [5.74, 6) is 1.60. The van der Waals surface area contributed by atoms with Crippen molar-refractivity contribution in [2.45, 2.75) is 19.4 Å². The molecule has 3 heterocycles. The molecule has 0 N–H and O–H groups in total. The molecule has 142 valence electrons. The zero-order valence-electron chi connectivity index (χ0n) is 15.9. The molecule has 2 aromatic heterocycles. The van der Waals surface area contributed by atoms with Crippen LogP contribution in [0.5, 0.6) is 11.5 Å². The summed E-state index contributed by atoms with van der Waals surface area (Å²) in [5, 5.41) is 0. The van der Waals surface area contributed by atoms with E-state index in [1.165, 1.54) is 0 Å².